The molecular weight excluding hydrogens is 210 g/mol. The highest BCUT2D eigenvalue weighted by Crippen LogP contribution is 2.30. The Morgan fingerprint density at radius 2 is 2.12 bits per heavy atom. The summed E-state index contributed by atoms with van der Waals surface area (Å²) in [6.07, 6.45) is 3.34. The zero-order chi connectivity index (χ0) is 12.3. The van der Waals surface area contributed by atoms with Crippen molar-refractivity contribution in [2.45, 2.75) is 45.6 Å². The molecule has 1 N–H and O–H groups in total. The molecule has 94 valence electrons. The van der Waals surface area contributed by atoms with E-state index in [1.807, 2.05) is 0 Å². The van der Waals surface area contributed by atoms with Crippen molar-refractivity contribution in [3.63, 3.8) is 0 Å². The Bertz CT molecular complexity index is 379. The average molecular weight is 233 g/mol. The van der Waals surface area contributed by atoms with Crippen molar-refractivity contribution in [2.75, 3.05) is 13.2 Å². The van der Waals surface area contributed by atoms with Gasteiger partial charge in [-0.25, -0.2) is 0 Å². The molecule has 1 aliphatic heterocycles. The normalized spacial score (nSPS) is 14.5. The molecule has 1 heterocycles. The first kappa shape index (κ1) is 12.4. The second-order valence-electron chi connectivity index (χ2n) is 5.78. The molecule has 2 heteroatoms. The number of hydrogen-bond acceptors (Lipinski definition) is 2. The van der Waals surface area contributed by atoms with Crippen LogP contribution in [0.1, 0.15) is 38.3 Å². The van der Waals surface area contributed by atoms with Crippen LogP contribution in [-0.4, -0.2) is 18.7 Å². The molecule has 1 aromatic carbocycles. The van der Waals surface area contributed by atoms with E-state index in [0.29, 0.717) is 0 Å². The summed E-state index contributed by atoms with van der Waals surface area (Å²) in [5.74, 6) is 1.16. The molecule has 0 aromatic heterocycles. The first-order valence-corrected chi connectivity index (χ1v) is 6.55. The molecule has 1 aliphatic rings. The van der Waals surface area contributed by atoms with Gasteiger partial charge in [0.05, 0.1) is 6.61 Å². The summed E-state index contributed by atoms with van der Waals surface area (Å²) >= 11 is 0. The molecule has 0 amide bonds. The number of fused-ring (bicyclic) bond motifs is 1. The van der Waals surface area contributed by atoms with Crippen molar-refractivity contribution in [1.82, 2.24) is 5.32 Å². The summed E-state index contributed by atoms with van der Waals surface area (Å²) in [5, 5.41) is 3.52. The van der Waals surface area contributed by atoms with E-state index in [9.17, 15) is 0 Å². The van der Waals surface area contributed by atoms with E-state index in [-0.39, 0.29) is 5.54 Å². The summed E-state index contributed by atoms with van der Waals surface area (Å²) in [7, 11) is 0. The minimum atomic E-state index is 0.217. The van der Waals surface area contributed by atoms with Crippen LogP contribution in [0.15, 0.2) is 18.2 Å². The van der Waals surface area contributed by atoms with Crippen LogP contribution in [0.4, 0.5) is 0 Å². The Morgan fingerprint density at radius 3 is 2.88 bits per heavy atom. The van der Waals surface area contributed by atoms with Crippen LogP contribution < -0.4 is 10.1 Å². The van der Waals surface area contributed by atoms with E-state index in [2.05, 4.69) is 44.3 Å². The minimum Gasteiger partial charge on any atom is -0.493 e. The van der Waals surface area contributed by atoms with Gasteiger partial charge in [0.25, 0.3) is 0 Å². The van der Waals surface area contributed by atoms with Crippen molar-refractivity contribution < 1.29 is 4.74 Å². The quantitative estimate of drug-likeness (QED) is 0.807. The SMILES string of the molecule is CC(C)(C)NCCCc1cccc2c1OCC2. The van der Waals surface area contributed by atoms with Gasteiger partial charge in [0, 0.05) is 12.0 Å². The second kappa shape index (κ2) is 5.09. The van der Waals surface area contributed by atoms with E-state index in [1.54, 1.807) is 0 Å². The molecule has 0 fully saturated rings. The zero-order valence-corrected chi connectivity index (χ0v) is 11.2. The van der Waals surface area contributed by atoms with Crippen molar-refractivity contribution in [3.8, 4) is 5.75 Å². The molecule has 17 heavy (non-hydrogen) atoms. The van der Waals surface area contributed by atoms with Gasteiger partial charge in [0.15, 0.2) is 0 Å². The van der Waals surface area contributed by atoms with Crippen molar-refractivity contribution >= 4 is 0 Å². The van der Waals surface area contributed by atoms with E-state index in [4.69, 9.17) is 4.74 Å². The van der Waals surface area contributed by atoms with E-state index in [0.717, 1.165) is 38.2 Å². The van der Waals surface area contributed by atoms with Gasteiger partial charge < -0.3 is 10.1 Å². The third-order valence-electron chi connectivity index (χ3n) is 3.07. The van der Waals surface area contributed by atoms with Crippen molar-refractivity contribution in [2.24, 2.45) is 0 Å². The first-order valence-electron chi connectivity index (χ1n) is 6.55. The standard InChI is InChI=1S/C15H23NO/c1-15(2,3)16-10-5-8-12-6-4-7-13-9-11-17-14(12)13/h4,6-7,16H,5,8-11H2,1-3H3. The second-order valence-corrected chi connectivity index (χ2v) is 5.78. The van der Waals surface area contributed by atoms with E-state index >= 15 is 0 Å². The van der Waals surface area contributed by atoms with Gasteiger partial charge in [-0.15, -0.1) is 0 Å². The Morgan fingerprint density at radius 1 is 1.29 bits per heavy atom. The molecule has 2 rings (SSSR count). The van der Waals surface area contributed by atoms with Gasteiger partial charge in [0.2, 0.25) is 0 Å². The number of aryl methyl sites for hydroxylation is 1. The fraction of sp³-hybridized carbons (Fsp3) is 0.600. The molecule has 0 spiro atoms. The van der Waals surface area contributed by atoms with Gasteiger partial charge in [-0.2, -0.15) is 0 Å². The largest absolute Gasteiger partial charge is 0.493 e. The van der Waals surface area contributed by atoms with Crippen LogP contribution in [0, 0.1) is 0 Å². The summed E-state index contributed by atoms with van der Waals surface area (Å²) in [5.41, 5.74) is 2.97. The maximum absolute atomic E-state index is 5.71. The Labute approximate surface area is 104 Å². The topological polar surface area (TPSA) is 21.3 Å². The zero-order valence-electron chi connectivity index (χ0n) is 11.2. The predicted molar refractivity (Wildman–Crippen MR) is 71.7 cm³/mol. The number of benzene rings is 1. The molecule has 1 aromatic rings. The van der Waals surface area contributed by atoms with Gasteiger partial charge in [-0.3, -0.25) is 0 Å². The smallest absolute Gasteiger partial charge is 0.125 e. The molecule has 0 aliphatic carbocycles. The minimum absolute atomic E-state index is 0.217. The molecule has 0 atom stereocenters. The number of ether oxygens (including phenoxy) is 1. The highest BCUT2D eigenvalue weighted by molar-refractivity contribution is 5.43. The molecular formula is C15H23NO. The maximum Gasteiger partial charge on any atom is 0.125 e. The fourth-order valence-corrected chi connectivity index (χ4v) is 2.22. The summed E-state index contributed by atoms with van der Waals surface area (Å²) in [4.78, 5) is 0. The summed E-state index contributed by atoms with van der Waals surface area (Å²) < 4.78 is 5.71. The highest BCUT2D eigenvalue weighted by atomic mass is 16.5. The van der Waals surface area contributed by atoms with Gasteiger partial charge >= 0.3 is 0 Å². The van der Waals surface area contributed by atoms with Gasteiger partial charge in [0.1, 0.15) is 5.75 Å². The van der Waals surface area contributed by atoms with Crippen LogP contribution in [0.25, 0.3) is 0 Å². The van der Waals surface area contributed by atoms with E-state index in [1.165, 1.54) is 11.1 Å². The lowest BCUT2D eigenvalue weighted by Gasteiger charge is -2.20. The lowest BCUT2D eigenvalue weighted by atomic mass is 10.0. The molecule has 0 radical (unpaired) electrons. The van der Waals surface area contributed by atoms with Crippen LogP contribution in [-0.2, 0) is 12.8 Å². The molecule has 2 nitrogen and oxygen atoms in total. The Balaban J connectivity index is 1.86. The molecule has 0 saturated heterocycles. The van der Waals surface area contributed by atoms with Crippen LogP contribution in [0.2, 0.25) is 0 Å². The Hall–Kier alpha value is -1.02. The fourth-order valence-electron chi connectivity index (χ4n) is 2.22. The van der Waals surface area contributed by atoms with Crippen LogP contribution in [0.3, 0.4) is 0 Å². The Kier molecular flexibility index (Phi) is 3.72. The lowest BCUT2D eigenvalue weighted by Crippen LogP contribution is -2.36. The van der Waals surface area contributed by atoms with Gasteiger partial charge in [-0.1, -0.05) is 18.2 Å². The number of para-hydroxylation sites is 1. The van der Waals surface area contributed by atoms with Crippen molar-refractivity contribution in [3.05, 3.63) is 29.3 Å². The predicted octanol–water partition coefficient (Wildman–Crippen LogP) is 2.94. The average Bonchev–Trinajstić information content (AvgIpc) is 2.71. The van der Waals surface area contributed by atoms with E-state index < -0.39 is 0 Å². The monoisotopic (exact) mass is 233 g/mol. The number of hydrogen-bond donors (Lipinski definition) is 1. The molecule has 0 saturated carbocycles. The lowest BCUT2D eigenvalue weighted by molar-refractivity contribution is 0.352. The van der Waals surface area contributed by atoms with Crippen LogP contribution >= 0.6 is 0 Å². The van der Waals surface area contributed by atoms with Crippen molar-refractivity contribution in [1.29, 1.82) is 0 Å². The summed E-state index contributed by atoms with van der Waals surface area (Å²) in [6, 6.07) is 6.53. The third kappa shape index (κ3) is 3.47. The third-order valence-corrected chi connectivity index (χ3v) is 3.07. The highest BCUT2D eigenvalue weighted by Gasteiger charge is 2.15. The molecule has 0 bridgehead atoms. The molecule has 0 unspecified atom stereocenters. The maximum atomic E-state index is 5.71. The van der Waals surface area contributed by atoms with Crippen LogP contribution in [0.5, 0.6) is 5.75 Å². The number of nitrogens with one attached hydrogen (secondary N) is 1. The van der Waals surface area contributed by atoms with Gasteiger partial charge in [-0.05, 0) is 51.3 Å². The first-order chi connectivity index (χ1) is 8.06. The summed E-state index contributed by atoms with van der Waals surface area (Å²) in [6.45, 7) is 8.53. The number of rotatable bonds is 4.